The number of aryl methyl sites for hydroxylation is 1. The lowest BCUT2D eigenvalue weighted by Gasteiger charge is -2.27. The van der Waals surface area contributed by atoms with Gasteiger partial charge >= 0.3 is 0 Å². The minimum absolute atomic E-state index is 0.0574. The first-order valence-corrected chi connectivity index (χ1v) is 7.35. The molecule has 3 nitrogen and oxygen atoms in total. The Hall–Kier alpha value is -1.51. The average molecular weight is 277 g/mol. The standard InChI is InChI=1S/C17H27NO2/c1-11(2)16(12(3)4)18-17(19)14(6)20-15-9-7-13(5)8-10-15/h7-12,14,16H,1-6H3,(H,18,19). The Morgan fingerprint density at radius 3 is 1.95 bits per heavy atom. The van der Waals surface area contributed by atoms with Gasteiger partial charge in [0, 0.05) is 6.04 Å². The van der Waals surface area contributed by atoms with Crippen LogP contribution in [-0.4, -0.2) is 18.1 Å². The maximum Gasteiger partial charge on any atom is 0.261 e. The van der Waals surface area contributed by atoms with Crippen LogP contribution in [0.4, 0.5) is 0 Å². The summed E-state index contributed by atoms with van der Waals surface area (Å²) in [6.07, 6.45) is -0.488. The highest BCUT2D eigenvalue weighted by Crippen LogP contribution is 2.15. The van der Waals surface area contributed by atoms with Gasteiger partial charge in [0.05, 0.1) is 0 Å². The highest BCUT2D eigenvalue weighted by atomic mass is 16.5. The lowest BCUT2D eigenvalue weighted by Crippen LogP contribution is -2.47. The van der Waals surface area contributed by atoms with Crippen LogP contribution in [0.1, 0.15) is 40.2 Å². The number of carbonyl (C=O) groups is 1. The quantitative estimate of drug-likeness (QED) is 0.863. The third-order valence-corrected chi connectivity index (χ3v) is 3.45. The fourth-order valence-electron chi connectivity index (χ4n) is 2.26. The van der Waals surface area contributed by atoms with E-state index >= 15 is 0 Å². The zero-order valence-corrected chi connectivity index (χ0v) is 13.4. The van der Waals surface area contributed by atoms with Crippen LogP contribution < -0.4 is 10.1 Å². The Labute approximate surface area is 122 Å². The lowest BCUT2D eigenvalue weighted by atomic mass is 9.93. The SMILES string of the molecule is Cc1ccc(OC(C)C(=O)NC(C(C)C)C(C)C)cc1. The molecule has 0 heterocycles. The molecule has 0 spiro atoms. The number of rotatable bonds is 6. The molecular formula is C17H27NO2. The molecule has 1 aromatic carbocycles. The molecule has 1 atom stereocenters. The number of hydrogen-bond acceptors (Lipinski definition) is 2. The molecule has 0 aliphatic heterocycles. The van der Waals surface area contributed by atoms with E-state index in [2.05, 4.69) is 33.0 Å². The van der Waals surface area contributed by atoms with Crippen LogP contribution >= 0.6 is 0 Å². The van der Waals surface area contributed by atoms with E-state index in [9.17, 15) is 4.79 Å². The van der Waals surface area contributed by atoms with E-state index < -0.39 is 6.10 Å². The van der Waals surface area contributed by atoms with Crippen molar-refractivity contribution >= 4 is 5.91 Å². The monoisotopic (exact) mass is 277 g/mol. The summed E-state index contributed by atoms with van der Waals surface area (Å²) in [5, 5.41) is 3.08. The molecule has 112 valence electrons. The Morgan fingerprint density at radius 1 is 1.00 bits per heavy atom. The second-order valence-corrected chi connectivity index (χ2v) is 6.10. The zero-order chi connectivity index (χ0) is 15.3. The Morgan fingerprint density at radius 2 is 1.50 bits per heavy atom. The van der Waals surface area contributed by atoms with Crippen molar-refractivity contribution in [3.63, 3.8) is 0 Å². The number of benzene rings is 1. The van der Waals surface area contributed by atoms with Crippen molar-refractivity contribution in [2.45, 2.75) is 53.7 Å². The van der Waals surface area contributed by atoms with Crippen LogP contribution in [0.25, 0.3) is 0 Å². The Bertz CT molecular complexity index is 415. The molecule has 3 heteroatoms. The summed E-state index contributed by atoms with van der Waals surface area (Å²) >= 11 is 0. The van der Waals surface area contributed by atoms with E-state index in [-0.39, 0.29) is 11.9 Å². The van der Waals surface area contributed by atoms with Gasteiger partial charge in [-0.1, -0.05) is 45.4 Å². The van der Waals surface area contributed by atoms with Gasteiger partial charge in [-0.05, 0) is 37.8 Å². The third-order valence-electron chi connectivity index (χ3n) is 3.45. The van der Waals surface area contributed by atoms with E-state index in [0.29, 0.717) is 11.8 Å². The van der Waals surface area contributed by atoms with Crippen molar-refractivity contribution in [2.24, 2.45) is 11.8 Å². The number of hydrogen-bond donors (Lipinski definition) is 1. The maximum atomic E-state index is 12.2. The summed E-state index contributed by atoms with van der Waals surface area (Å²) in [4.78, 5) is 12.2. The van der Waals surface area contributed by atoms with Gasteiger partial charge in [-0.2, -0.15) is 0 Å². The molecule has 0 aliphatic carbocycles. The molecule has 0 fully saturated rings. The zero-order valence-electron chi connectivity index (χ0n) is 13.4. The second-order valence-electron chi connectivity index (χ2n) is 6.10. The van der Waals surface area contributed by atoms with Gasteiger partial charge in [-0.3, -0.25) is 4.79 Å². The van der Waals surface area contributed by atoms with Crippen molar-refractivity contribution in [2.75, 3.05) is 0 Å². The van der Waals surface area contributed by atoms with Crippen LogP contribution in [0.15, 0.2) is 24.3 Å². The fourth-order valence-corrected chi connectivity index (χ4v) is 2.26. The molecular weight excluding hydrogens is 250 g/mol. The highest BCUT2D eigenvalue weighted by molar-refractivity contribution is 5.81. The summed E-state index contributed by atoms with van der Waals surface area (Å²) in [5.41, 5.74) is 1.18. The molecule has 0 aliphatic rings. The van der Waals surface area contributed by atoms with Gasteiger partial charge in [-0.15, -0.1) is 0 Å². The molecule has 1 aromatic rings. The molecule has 0 radical (unpaired) electrons. The Kier molecular flexibility index (Phi) is 6.05. The van der Waals surface area contributed by atoms with Crippen molar-refractivity contribution in [3.8, 4) is 5.75 Å². The van der Waals surface area contributed by atoms with Crippen molar-refractivity contribution in [1.82, 2.24) is 5.32 Å². The van der Waals surface area contributed by atoms with E-state index in [1.807, 2.05) is 31.2 Å². The summed E-state index contributed by atoms with van der Waals surface area (Å²) in [6.45, 7) is 12.3. The molecule has 1 amide bonds. The third kappa shape index (κ3) is 4.87. The van der Waals surface area contributed by atoms with Crippen molar-refractivity contribution in [1.29, 1.82) is 0 Å². The Balaban J connectivity index is 2.60. The van der Waals surface area contributed by atoms with Gasteiger partial charge in [0.2, 0.25) is 0 Å². The highest BCUT2D eigenvalue weighted by Gasteiger charge is 2.23. The largest absolute Gasteiger partial charge is 0.481 e. The number of ether oxygens (including phenoxy) is 1. The van der Waals surface area contributed by atoms with E-state index in [1.165, 1.54) is 5.56 Å². The summed E-state index contributed by atoms with van der Waals surface area (Å²) in [6, 6.07) is 7.91. The summed E-state index contributed by atoms with van der Waals surface area (Å²) in [7, 11) is 0. The van der Waals surface area contributed by atoms with Crippen LogP contribution in [0.3, 0.4) is 0 Å². The van der Waals surface area contributed by atoms with Crippen molar-refractivity contribution < 1.29 is 9.53 Å². The summed E-state index contributed by atoms with van der Waals surface area (Å²) in [5.74, 6) is 1.48. The van der Waals surface area contributed by atoms with E-state index in [1.54, 1.807) is 6.92 Å². The second kappa shape index (κ2) is 7.32. The molecule has 20 heavy (non-hydrogen) atoms. The molecule has 0 bridgehead atoms. The van der Waals surface area contributed by atoms with Gasteiger partial charge in [-0.25, -0.2) is 0 Å². The molecule has 0 saturated carbocycles. The molecule has 1 rings (SSSR count). The van der Waals surface area contributed by atoms with E-state index in [0.717, 1.165) is 5.75 Å². The van der Waals surface area contributed by atoms with Gasteiger partial charge in [0.1, 0.15) is 5.75 Å². The predicted octanol–water partition coefficient (Wildman–Crippen LogP) is 3.56. The smallest absolute Gasteiger partial charge is 0.261 e. The normalized spacial score (nSPS) is 12.8. The van der Waals surface area contributed by atoms with Crippen LogP contribution in [0.2, 0.25) is 0 Å². The molecule has 1 N–H and O–H groups in total. The predicted molar refractivity (Wildman–Crippen MR) is 82.9 cm³/mol. The van der Waals surface area contributed by atoms with Gasteiger partial charge < -0.3 is 10.1 Å². The average Bonchev–Trinajstić information content (AvgIpc) is 2.37. The first-order chi connectivity index (χ1) is 9.31. The van der Waals surface area contributed by atoms with Crippen LogP contribution in [0.5, 0.6) is 5.75 Å². The van der Waals surface area contributed by atoms with Crippen LogP contribution in [-0.2, 0) is 4.79 Å². The molecule has 0 saturated heterocycles. The minimum atomic E-state index is -0.488. The van der Waals surface area contributed by atoms with Gasteiger partial charge in [0.25, 0.3) is 5.91 Å². The number of carbonyl (C=O) groups excluding carboxylic acids is 1. The first-order valence-electron chi connectivity index (χ1n) is 7.35. The topological polar surface area (TPSA) is 38.3 Å². The van der Waals surface area contributed by atoms with Gasteiger partial charge in [0.15, 0.2) is 6.10 Å². The molecule has 1 unspecified atom stereocenters. The van der Waals surface area contributed by atoms with E-state index in [4.69, 9.17) is 4.74 Å². The number of amides is 1. The summed E-state index contributed by atoms with van der Waals surface area (Å²) < 4.78 is 5.68. The lowest BCUT2D eigenvalue weighted by molar-refractivity contribution is -0.128. The van der Waals surface area contributed by atoms with Crippen molar-refractivity contribution in [3.05, 3.63) is 29.8 Å². The van der Waals surface area contributed by atoms with Crippen LogP contribution in [0, 0.1) is 18.8 Å². The fraction of sp³-hybridized carbons (Fsp3) is 0.588. The molecule has 0 aromatic heterocycles. The maximum absolute atomic E-state index is 12.2. The minimum Gasteiger partial charge on any atom is -0.481 e. The number of nitrogens with one attached hydrogen (secondary N) is 1. The first kappa shape index (κ1) is 16.5.